The molecular formula is C13H19ClN2S. The van der Waals surface area contributed by atoms with Crippen molar-refractivity contribution < 1.29 is 0 Å². The molecule has 0 bridgehead atoms. The average Bonchev–Trinajstić information content (AvgIpc) is 2.38. The molecule has 1 aromatic heterocycles. The van der Waals surface area contributed by atoms with Gasteiger partial charge in [0.05, 0.1) is 0 Å². The zero-order valence-corrected chi connectivity index (χ0v) is 11.8. The molecule has 0 aromatic carbocycles. The van der Waals surface area contributed by atoms with Gasteiger partial charge in [-0.25, -0.2) is 4.98 Å². The van der Waals surface area contributed by atoms with E-state index in [-0.39, 0.29) is 0 Å². The molecule has 0 aliphatic heterocycles. The normalized spacial score (nSPS) is 18.9. The van der Waals surface area contributed by atoms with Crippen molar-refractivity contribution in [3.8, 4) is 0 Å². The summed E-state index contributed by atoms with van der Waals surface area (Å²) >= 11 is 7.88. The van der Waals surface area contributed by atoms with Crippen LogP contribution in [0.2, 0.25) is 5.15 Å². The SMILES string of the molecule is CSC1(CNc2ccnc(Cl)c2)CCCCC1. The van der Waals surface area contributed by atoms with Crippen LogP contribution in [0.15, 0.2) is 18.3 Å². The standard InChI is InChI=1S/C13H19ClN2S/c1-17-13(6-3-2-4-7-13)10-16-11-5-8-15-12(14)9-11/h5,8-9H,2-4,6-7,10H2,1H3,(H,15,16). The van der Waals surface area contributed by atoms with Crippen LogP contribution in [-0.4, -0.2) is 22.5 Å². The van der Waals surface area contributed by atoms with Crippen LogP contribution in [0.1, 0.15) is 32.1 Å². The summed E-state index contributed by atoms with van der Waals surface area (Å²) in [5.41, 5.74) is 1.07. The van der Waals surface area contributed by atoms with Gasteiger partial charge in [0.2, 0.25) is 0 Å². The molecule has 2 rings (SSSR count). The summed E-state index contributed by atoms with van der Waals surface area (Å²) in [7, 11) is 0. The van der Waals surface area contributed by atoms with Gasteiger partial charge in [-0.15, -0.1) is 0 Å². The van der Waals surface area contributed by atoms with E-state index in [1.54, 1.807) is 6.20 Å². The van der Waals surface area contributed by atoms with Crippen molar-refractivity contribution in [3.05, 3.63) is 23.5 Å². The fraction of sp³-hybridized carbons (Fsp3) is 0.615. The number of anilines is 1. The van der Waals surface area contributed by atoms with E-state index >= 15 is 0 Å². The number of nitrogens with zero attached hydrogens (tertiary/aromatic N) is 1. The molecule has 0 radical (unpaired) electrons. The van der Waals surface area contributed by atoms with Crippen molar-refractivity contribution >= 4 is 29.1 Å². The number of rotatable bonds is 4. The molecule has 0 amide bonds. The molecule has 0 atom stereocenters. The first kappa shape index (κ1) is 13.0. The first-order chi connectivity index (χ1) is 8.24. The fourth-order valence-electron chi connectivity index (χ4n) is 2.42. The molecule has 1 aliphatic carbocycles. The number of nitrogens with one attached hydrogen (secondary N) is 1. The number of hydrogen-bond acceptors (Lipinski definition) is 3. The molecule has 0 saturated heterocycles. The Bertz CT molecular complexity index is 364. The van der Waals surface area contributed by atoms with Gasteiger partial charge in [-0.2, -0.15) is 11.8 Å². The lowest BCUT2D eigenvalue weighted by Crippen LogP contribution is -2.35. The Kier molecular flexibility index (Phi) is 4.57. The minimum absolute atomic E-state index is 0.411. The van der Waals surface area contributed by atoms with Crippen molar-refractivity contribution in [2.24, 2.45) is 0 Å². The molecule has 1 aromatic rings. The largest absolute Gasteiger partial charge is 0.384 e. The lowest BCUT2D eigenvalue weighted by atomic mass is 9.88. The van der Waals surface area contributed by atoms with Crippen LogP contribution in [0.4, 0.5) is 5.69 Å². The van der Waals surface area contributed by atoms with Crippen molar-refractivity contribution in [1.29, 1.82) is 0 Å². The number of halogens is 1. The van der Waals surface area contributed by atoms with E-state index < -0.39 is 0 Å². The van der Waals surface area contributed by atoms with Gasteiger partial charge in [0.1, 0.15) is 5.15 Å². The molecule has 1 N–H and O–H groups in total. The van der Waals surface area contributed by atoms with Gasteiger partial charge in [-0.05, 0) is 31.2 Å². The number of pyridine rings is 1. The maximum absolute atomic E-state index is 5.88. The predicted octanol–water partition coefficient (Wildman–Crippen LogP) is 4.21. The lowest BCUT2D eigenvalue weighted by molar-refractivity contribution is 0.411. The molecule has 1 saturated carbocycles. The van der Waals surface area contributed by atoms with Crippen LogP contribution in [0.25, 0.3) is 0 Å². The maximum atomic E-state index is 5.88. The molecule has 1 heterocycles. The third kappa shape index (κ3) is 3.52. The van der Waals surface area contributed by atoms with Gasteiger partial charge in [-0.3, -0.25) is 0 Å². The van der Waals surface area contributed by atoms with E-state index in [1.807, 2.05) is 23.9 Å². The summed E-state index contributed by atoms with van der Waals surface area (Å²) in [6, 6.07) is 3.86. The summed E-state index contributed by atoms with van der Waals surface area (Å²) in [5.74, 6) is 0. The topological polar surface area (TPSA) is 24.9 Å². The Morgan fingerprint density at radius 3 is 2.82 bits per heavy atom. The molecular weight excluding hydrogens is 252 g/mol. The molecule has 17 heavy (non-hydrogen) atoms. The Morgan fingerprint density at radius 1 is 1.41 bits per heavy atom. The Hall–Kier alpha value is -0.410. The van der Waals surface area contributed by atoms with Crippen LogP contribution in [-0.2, 0) is 0 Å². The van der Waals surface area contributed by atoms with Crippen LogP contribution < -0.4 is 5.32 Å². The van der Waals surface area contributed by atoms with E-state index in [0.717, 1.165) is 12.2 Å². The molecule has 2 nitrogen and oxygen atoms in total. The zero-order valence-electron chi connectivity index (χ0n) is 10.2. The second-order valence-electron chi connectivity index (χ2n) is 4.67. The summed E-state index contributed by atoms with van der Waals surface area (Å²) in [6.07, 6.45) is 10.7. The summed E-state index contributed by atoms with van der Waals surface area (Å²) < 4.78 is 0.411. The molecule has 94 valence electrons. The first-order valence-corrected chi connectivity index (χ1v) is 7.75. The maximum Gasteiger partial charge on any atom is 0.131 e. The molecule has 1 fully saturated rings. The predicted molar refractivity (Wildman–Crippen MR) is 77.1 cm³/mol. The van der Waals surface area contributed by atoms with Crippen LogP contribution >= 0.6 is 23.4 Å². The molecule has 1 aliphatic rings. The third-order valence-corrected chi connectivity index (χ3v) is 5.16. The van der Waals surface area contributed by atoms with Crippen molar-refractivity contribution in [3.63, 3.8) is 0 Å². The second-order valence-corrected chi connectivity index (χ2v) is 6.33. The van der Waals surface area contributed by atoms with Crippen molar-refractivity contribution in [2.45, 2.75) is 36.9 Å². The van der Waals surface area contributed by atoms with E-state index in [4.69, 9.17) is 11.6 Å². The highest BCUT2D eigenvalue weighted by Gasteiger charge is 2.30. The fourth-order valence-corrected chi connectivity index (χ4v) is 3.51. The van der Waals surface area contributed by atoms with Gasteiger partial charge in [-0.1, -0.05) is 30.9 Å². The van der Waals surface area contributed by atoms with Crippen LogP contribution in [0.3, 0.4) is 0 Å². The van der Waals surface area contributed by atoms with E-state index in [0.29, 0.717) is 9.90 Å². The van der Waals surface area contributed by atoms with Crippen LogP contribution in [0.5, 0.6) is 0 Å². The second kappa shape index (κ2) is 5.96. The molecule has 0 unspecified atom stereocenters. The van der Waals surface area contributed by atoms with Crippen LogP contribution in [0, 0.1) is 0 Å². The van der Waals surface area contributed by atoms with Gasteiger partial charge in [0, 0.05) is 23.2 Å². The quantitative estimate of drug-likeness (QED) is 0.830. The summed E-state index contributed by atoms with van der Waals surface area (Å²) in [5, 5.41) is 4.05. The third-order valence-electron chi connectivity index (χ3n) is 3.54. The van der Waals surface area contributed by atoms with Gasteiger partial charge >= 0.3 is 0 Å². The molecule has 4 heteroatoms. The van der Waals surface area contributed by atoms with E-state index in [9.17, 15) is 0 Å². The Morgan fingerprint density at radius 2 is 2.18 bits per heavy atom. The minimum atomic E-state index is 0.411. The number of aromatic nitrogens is 1. The zero-order chi connectivity index (χ0) is 12.1. The average molecular weight is 271 g/mol. The minimum Gasteiger partial charge on any atom is -0.384 e. The van der Waals surface area contributed by atoms with E-state index in [2.05, 4.69) is 16.6 Å². The highest BCUT2D eigenvalue weighted by molar-refractivity contribution is 8.00. The van der Waals surface area contributed by atoms with Gasteiger partial charge in [0.15, 0.2) is 0 Å². The summed E-state index contributed by atoms with van der Waals surface area (Å²) in [6.45, 7) is 1.02. The van der Waals surface area contributed by atoms with E-state index in [1.165, 1.54) is 32.1 Å². The highest BCUT2D eigenvalue weighted by Crippen LogP contribution is 2.38. The first-order valence-electron chi connectivity index (χ1n) is 6.15. The van der Waals surface area contributed by atoms with Crippen molar-refractivity contribution in [2.75, 3.05) is 18.1 Å². The molecule has 0 spiro atoms. The Labute approximate surface area is 113 Å². The Balaban J connectivity index is 1.95. The summed E-state index contributed by atoms with van der Waals surface area (Å²) in [4.78, 5) is 3.99. The number of thioether (sulfide) groups is 1. The van der Waals surface area contributed by atoms with Crippen molar-refractivity contribution in [1.82, 2.24) is 4.98 Å². The lowest BCUT2D eigenvalue weighted by Gasteiger charge is -2.36. The number of hydrogen-bond donors (Lipinski definition) is 1. The smallest absolute Gasteiger partial charge is 0.131 e. The monoisotopic (exact) mass is 270 g/mol. The highest BCUT2D eigenvalue weighted by atomic mass is 35.5. The van der Waals surface area contributed by atoms with Gasteiger partial charge in [0.25, 0.3) is 0 Å². The van der Waals surface area contributed by atoms with Gasteiger partial charge < -0.3 is 5.32 Å².